The molecule has 1 saturated heterocycles. The molecular formula is C13H17N5O2. The van der Waals surface area contributed by atoms with E-state index in [2.05, 4.69) is 20.2 Å². The molecule has 0 aliphatic carbocycles. The lowest BCUT2D eigenvalue weighted by Gasteiger charge is -2.36. The third-order valence-corrected chi connectivity index (χ3v) is 3.87. The SMILES string of the molecule is C[C@@H]1CC(=O)Nc2ncnc(N3CCN(C=O)CC3)c21. The summed E-state index contributed by atoms with van der Waals surface area (Å²) in [5.41, 5.74) is 1.01. The lowest BCUT2D eigenvalue weighted by atomic mass is 9.94. The van der Waals surface area contributed by atoms with Crippen LogP contribution in [0.4, 0.5) is 11.6 Å². The Labute approximate surface area is 117 Å². The highest BCUT2D eigenvalue weighted by molar-refractivity contribution is 5.94. The van der Waals surface area contributed by atoms with Crippen molar-refractivity contribution in [2.75, 3.05) is 36.4 Å². The summed E-state index contributed by atoms with van der Waals surface area (Å²) in [6, 6.07) is 0. The zero-order valence-corrected chi connectivity index (χ0v) is 11.4. The molecule has 1 aromatic rings. The predicted molar refractivity (Wildman–Crippen MR) is 73.5 cm³/mol. The van der Waals surface area contributed by atoms with E-state index in [9.17, 15) is 9.59 Å². The van der Waals surface area contributed by atoms with Crippen molar-refractivity contribution in [3.63, 3.8) is 0 Å². The number of hydrogen-bond donors (Lipinski definition) is 1. The summed E-state index contributed by atoms with van der Waals surface area (Å²) < 4.78 is 0. The Bertz CT molecular complexity index is 540. The summed E-state index contributed by atoms with van der Waals surface area (Å²) in [6.45, 7) is 4.92. The Balaban J connectivity index is 1.89. The number of nitrogens with zero attached hydrogens (tertiary/aromatic N) is 4. The maximum Gasteiger partial charge on any atom is 0.226 e. The number of hydrogen-bond acceptors (Lipinski definition) is 5. The van der Waals surface area contributed by atoms with Gasteiger partial charge in [0.1, 0.15) is 18.0 Å². The first-order valence-electron chi connectivity index (χ1n) is 6.78. The third-order valence-electron chi connectivity index (χ3n) is 3.87. The van der Waals surface area contributed by atoms with Crippen molar-refractivity contribution in [3.05, 3.63) is 11.9 Å². The van der Waals surface area contributed by atoms with E-state index in [1.165, 1.54) is 6.33 Å². The molecule has 0 radical (unpaired) electrons. The number of amides is 2. The summed E-state index contributed by atoms with van der Waals surface area (Å²) in [6.07, 6.45) is 2.83. The van der Waals surface area contributed by atoms with Gasteiger partial charge in [-0.15, -0.1) is 0 Å². The molecule has 3 rings (SSSR count). The molecule has 7 heteroatoms. The molecular weight excluding hydrogens is 258 g/mol. The third kappa shape index (κ3) is 2.19. The molecule has 3 heterocycles. The van der Waals surface area contributed by atoms with Crippen LogP contribution in [0.5, 0.6) is 0 Å². The van der Waals surface area contributed by atoms with Gasteiger partial charge in [0.25, 0.3) is 0 Å². The number of fused-ring (bicyclic) bond motifs is 1. The Morgan fingerprint density at radius 2 is 2.05 bits per heavy atom. The van der Waals surface area contributed by atoms with E-state index < -0.39 is 0 Å². The van der Waals surface area contributed by atoms with Crippen LogP contribution >= 0.6 is 0 Å². The summed E-state index contributed by atoms with van der Waals surface area (Å²) in [5, 5.41) is 2.81. The van der Waals surface area contributed by atoms with Gasteiger partial charge in [0, 0.05) is 38.2 Å². The largest absolute Gasteiger partial charge is 0.353 e. The molecule has 0 spiro atoms. The van der Waals surface area contributed by atoms with Gasteiger partial charge in [-0.05, 0) is 5.92 Å². The first-order valence-corrected chi connectivity index (χ1v) is 6.78. The monoisotopic (exact) mass is 275 g/mol. The number of piperazine rings is 1. The van der Waals surface area contributed by atoms with E-state index in [4.69, 9.17) is 0 Å². The van der Waals surface area contributed by atoms with E-state index in [1.54, 1.807) is 4.90 Å². The fraction of sp³-hybridized carbons (Fsp3) is 0.538. The lowest BCUT2D eigenvalue weighted by molar-refractivity contribution is -0.118. The molecule has 2 aliphatic rings. The van der Waals surface area contributed by atoms with Gasteiger partial charge >= 0.3 is 0 Å². The Morgan fingerprint density at radius 3 is 2.75 bits per heavy atom. The van der Waals surface area contributed by atoms with Gasteiger partial charge in [0.2, 0.25) is 12.3 Å². The van der Waals surface area contributed by atoms with Crippen LogP contribution in [0, 0.1) is 0 Å². The van der Waals surface area contributed by atoms with Crippen LogP contribution in [0.3, 0.4) is 0 Å². The number of nitrogens with one attached hydrogen (secondary N) is 1. The maximum atomic E-state index is 11.6. The fourth-order valence-electron chi connectivity index (χ4n) is 2.79. The molecule has 1 atom stereocenters. The quantitative estimate of drug-likeness (QED) is 0.780. The minimum absolute atomic E-state index is 0.000393. The Morgan fingerprint density at radius 1 is 1.30 bits per heavy atom. The predicted octanol–water partition coefficient (Wildman–Crippen LogP) is 0.201. The van der Waals surface area contributed by atoms with Crippen molar-refractivity contribution in [3.8, 4) is 0 Å². The van der Waals surface area contributed by atoms with Crippen LogP contribution in [0.1, 0.15) is 24.8 Å². The Hall–Kier alpha value is -2.18. The molecule has 1 aromatic heterocycles. The second kappa shape index (κ2) is 5.07. The van der Waals surface area contributed by atoms with E-state index >= 15 is 0 Å². The van der Waals surface area contributed by atoms with Crippen molar-refractivity contribution in [2.45, 2.75) is 19.3 Å². The van der Waals surface area contributed by atoms with Crippen molar-refractivity contribution in [1.82, 2.24) is 14.9 Å². The van der Waals surface area contributed by atoms with E-state index in [1.807, 2.05) is 6.92 Å². The summed E-state index contributed by atoms with van der Waals surface area (Å²) in [5.74, 6) is 1.61. The molecule has 1 N–H and O–H groups in total. The van der Waals surface area contributed by atoms with Crippen LogP contribution in [-0.4, -0.2) is 53.4 Å². The van der Waals surface area contributed by atoms with E-state index in [0.717, 1.165) is 30.9 Å². The fourth-order valence-corrected chi connectivity index (χ4v) is 2.79. The zero-order valence-electron chi connectivity index (χ0n) is 11.4. The maximum absolute atomic E-state index is 11.6. The summed E-state index contributed by atoms with van der Waals surface area (Å²) in [4.78, 5) is 34.8. The molecule has 0 unspecified atom stereocenters. The second-order valence-corrected chi connectivity index (χ2v) is 5.24. The van der Waals surface area contributed by atoms with E-state index in [-0.39, 0.29) is 11.8 Å². The molecule has 0 saturated carbocycles. The molecule has 1 fully saturated rings. The molecule has 0 aromatic carbocycles. The summed E-state index contributed by atoms with van der Waals surface area (Å²) >= 11 is 0. The molecule has 106 valence electrons. The Kier molecular flexibility index (Phi) is 3.25. The van der Waals surface area contributed by atoms with Crippen LogP contribution < -0.4 is 10.2 Å². The summed E-state index contributed by atoms with van der Waals surface area (Å²) in [7, 11) is 0. The standard InChI is InChI=1S/C13H17N5O2/c1-9-6-10(20)16-12-11(9)13(15-7-14-12)18-4-2-17(8-19)3-5-18/h7-9H,2-6H2,1H3,(H,14,15,16,20)/t9-/m1/s1. The smallest absolute Gasteiger partial charge is 0.226 e. The van der Waals surface area contributed by atoms with Gasteiger partial charge in [0.15, 0.2) is 0 Å². The topological polar surface area (TPSA) is 78.4 Å². The van der Waals surface area contributed by atoms with Crippen molar-refractivity contribution in [1.29, 1.82) is 0 Å². The number of rotatable bonds is 2. The van der Waals surface area contributed by atoms with Crippen LogP contribution in [-0.2, 0) is 9.59 Å². The highest BCUT2D eigenvalue weighted by atomic mass is 16.1. The van der Waals surface area contributed by atoms with Crippen molar-refractivity contribution >= 4 is 24.0 Å². The molecule has 7 nitrogen and oxygen atoms in total. The second-order valence-electron chi connectivity index (χ2n) is 5.24. The van der Waals surface area contributed by atoms with Crippen LogP contribution in [0.25, 0.3) is 0 Å². The highest BCUT2D eigenvalue weighted by Gasteiger charge is 2.29. The average molecular weight is 275 g/mol. The number of aromatic nitrogens is 2. The van der Waals surface area contributed by atoms with E-state index in [0.29, 0.717) is 25.3 Å². The number of carbonyl (C=O) groups is 2. The molecule has 0 bridgehead atoms. The molecule has 2 aliphatic heterocycles. The van der Waals surface area contributed by atoms with Crippen molar-refractivity contribution in [2.24, 2.45) is 0 Å². The van der Waals surface area contributed by atoms with Crippen LogP contribution in [0.15, 0.2) is 6.33 Å². The van der Waals surface area contributed by atoms with Gasteiger partial charge in [-0.2, -0.15) is 0 Å². The van der Waals surface area contributed by atoms with Crippen molar-refractivity contribution < 1.29 is 9.59 Å². The molecule has 20 heavy (non-hydrogen) atoms. The number of anilines is 2. The van der Waals surface area contributed by atoms with Gasteiger partial charge in [-0.25, -0.2) is 9.97 Å². The number of carbonyl (C=O) groups excluding carboxylic acids is 2. The zero-order chi connectivity index (χ0) is 14.1. The normalized spacial score (nSPS) is 22.2. The average Bonchev–Trinajstić information content (AvgIpc) is 2.46. The van der Waals surface area contributed by atoms with Gasteiger partial charge in [-0.1, -0.05) is 6.92 Å². The van der Waals surface area contributed by atoms with Crippen LogP contribution in [0.2, 0.25) is 0 Å². The first-order chi connectivity index (χ1) is 9.69. The minimum Gasteiger partial charge on any atom is -0.353 e. The minimum atomic E-state index is 0.000393. The first kappa shape index (κ1) is 12.8. The molecule has 2 amide bonds. The van der Waals surface area contributed by atoms with Gasteiger partial charge in [0.05, 0.1) is 0 Å². The van der Waals surface area contributed by atoms with Gasteiger partial charge < -0.3 is 15.1 Å². The van der Waals surface area contributed by atoms with Gasteiger partial charge in [-0.3, -0.25) is 9.59 Å². The highest BCUT2D eigenvalue weighted by Crippen LogP contribution is 2.36. The lowest BCUT2D eigenvalue weighted by Crippen LogP contribution is -2.46.